The molecule has 140 valence electrons. The van der Waals surface area contributed by atoms with Crippen LogP contribution in [0.5, 0.6) is 0 Å². The molecule has 1 aliphatic rings. The van der Waals surface area contributed by atoms with Crippen molar-refractivity contribution < 1.29 is 9.59 Å². The molecule has 0 aliphatic carbocycles. The van der Waals surface area contributed by atoms with Crippen molar-refractivity contribution >= 4 is 17.6 Å². The molecule has 3 rings (SSSR count). The molecule has 2 amide bonds. The van der Waals surface area contributed by atoms with Gasteiger partial charge in [0.25, 0.3) is 5.91 Å². The Labute approximate surface area is 157 Å². The molecule has 0 bridgehead atoms. The van der Waals surface area contributed by atoms with Crippen molar-refractivity contribution in [2.24, 2.45) is 0 Å². The molecule has 1 aliphatic heterocycles. The summed E-state index contributed by atoms with van der Waals surface area (Å²) in [6, 6.07) is 10.3. The SMILES string of the molecule is CCCC1CC(=O)NC(n2nc(C)cc2NC(=O)c2cccc(C#N)c2)N1. The summed E-state index contributed by atoms with van der Waals surface area (Å²) in [5, 5.41) is 22.5. The molecule has 1 saturated heterocycles. The number of aromatic nitrogens is 2. The van der Waals surface area contributed by atoms with Crippen molar-refractivity contribution in [3.63, 3.8) is 0 Å². The Hall–Kier alpha value is -3.18. The molecule has 2 aromatic rings. The van der Waals surface area contributed by atoms with Crippen molar-refractivity contribution in [3.8, 4) is 6.07 Å². The molecule has 8 heteroatoms. The zero-order valence-corrected chi connectivity index (χ0v) is 15.3. The van der Waals surface area contributed by atoms with Crippen LogP contribution in [0, 0.1) is 18.3 Å². The lowest BCUT2D eigenvalue weighted by Gasteiger charge is -2.32. The highest BCUT2D eigenvalue weighted by molar-refractivity contribution is 6.04. The third kappa shape index (κ3) is 4.33. The van der Waals surface area contributed by atoms with Crippen LogP contribution in [0.1, 0.15) is 54.1 Å². The van der Waals surface area contributed by atoms with Gasteiger partial charge in [-0.25, -0.2) is 4.68 Å². The van der Waals surface area contributed by atoms with Crippen LogP contribution < -0.4 is 16.0 Å². The van der Waals surface area contributed by atoms with E-state index in [0.29, 0.717) is 29.1 Å². The maximum Gasteiger partial charge on any atom is 0.256 e. The van der Waals surface area contributed by atoms with Gasteiger partial charge < -0.3 is 10.6 Å². The first-order valence-corrected chi connectivity index (χ1v) is 8.93. The van der Waals surface area contributed by atoms with Crippen molar-refractivity contribution in [2.75, 3.05) is 5.32 Å². The topological polar surface area (TPSA) is 112 Å². The molecule has 27 heavy (non-hydrogen) atoms. The molecule has 1 fully saturated rings. The number of hydrogen-bond acceptors (Lipinski definition) is 5. The van der Waals surface area contributed by atoms with Gasteiger partial charge in [0.2, 0.25) is 5.91 Å². The van der Waals surface area contributed by atoms with Crippen molar-refractivity contribution in [3.05, 3.63) is 47.2 Å². The highest BCUT2D eigenvalue weighted by atomic mass is 16.2. The average molecular weight is 366 g/mol. The Morgan fingerprint density at radius 3 is 3.00 bits per heavy atom. The number of hydrogen-bond donors (Lipinski definition) is 3. The first-order chi connectivity index (χ1) is 13.0. The van der Waals surface area contributed by atoms with Gasteiger partial charge >= 0.3 is 0 Å². The number of nitrogens with one attached hydrogen (secondary N) is 3. The number of carbonyl (C=O) groups excluding carboxylic acids is 2. The number of anilines is 1. The highest BCUT2D eigenvalue weighted by Gasteiger charge is 2.28. The number of nitriles is 1. The van der Waals surface area contributed by atoms with Crippen molar-refractivity contribution in [2.45, 2.75) is 45.4 Å². The second-order valence-electron chi connectivity index (χ2n) is 6.59. The van der Waals surface area contributed by atoms with Gasteiger partial charge in [-0.3, -0.25) is 14.9 Å². The fourth-order valence-electron chi connectivity index (χ4n) is 3.15. The molecule has 2 heterocycles. The highest BCUT2D eigenvalue weighted by Crippen LogP contribution is 2.19. The van der Waals surface area contributed by atoms with Crippen LogP contribution in [0.15, 0.2) is 30.3 Å². The van der Waals surface area contributed by atoms with E-state index in [2.05, 4.69) is 28.0 Å². The fraction of sp³-hybridized carbons (Fsp3) is 0.368. The van der Waals surface area contributed by atoms with E-state index in [9.17, 15) is 9.59 Å². The Balaban J connectivity index is 1.82. The molecule has 0 radical (unpaired) electrons. The van der Waals surface area contributed by atoms with Gasteiger partial charge in [0.15, 0.2) is 6.29 Å². The zero-order chi connectivity index (χ0) is 19.4. The van der Waals surface area contributed by atoms with Crippen LogP contribution in [-0.2, 0) is 4.79 Å². The first kappa shape index (κ1) is 18.6. The lowest BCUT2D eigenvalue weighted by atomic mass is 10.1. The molecule has 1 aromatic heterocycles. The van der Waals surface area contributed by atoms with Crippen LogP contribution in [-0.4, -0.2) is 27.6 Å². The van der Waals surface area contributed by atoms with Crippen LogP contribution in [0.4, 0.5) is 5.82 Å². The second-order valence-corrected chi connectivity index (χ2v) is 6.59. The molecular formula is C19H22N6O2. The van der Waals surface area contributed by atoms with Crippen molar-refractivity contribution in [1.82, 2.24) is 20.4 Å². The van der Waals surface area contributed by atoms with E-state index in [0.717, 1.165) is 12.8 Å². The predicted molar refractivity (Wildman–Crippen MR) is 99.7 cm³/mol. The van der Waals surface area contributed by atoms with E-state index in [1.807, 2.05) is 13.0 Å². The van der Waals surface area contributed by atoms with Gasteiger partial charge in [-0.1, -0.05) is 19.4 Å². The van der Waals surface area contributed by atoms with Crippen LogP contribution in [0.25, 0.3) is 0 Å². The summed E-state index contributed by atoms with van der Waals surface area (Å²) in [7, 11) is 0. The zero-order valence-electron chi connectivity index (χ0n) is 15.3. The predicted octanol–water partition coefficient (Wildman–Crippen LogP) is 2.05. The largest absolute Gasteiger partial charge is 0.322 e. The first-order valence-electron chi connectivity index (χ1n) is 8.93. The van der Waals surface area contributed by atoms with Gasteiger partial charge in [-0.2, -0.15) is 10.4 Å². The van der Waals surface area contributed by atoms with Crippen LogP contribution >= 0.6 is 0 Å². The standard InChI is InChI=1S/C19H22N6O2/c1-3-5-15-10-17(26)23-19(21-15)25-16(8-12(2)24-25)22-18(27)14-7-4-6-13(9-14)11-20/h4,6-9,15,19,21H,3,5,10H2,1-2H3,(H,22,27)(H,23,26). The Kier molecular flexibility index (Phi) is 5.52. The van der Waals surface area contributed by atoms with Gasteiger partial charge in [0.1, 0.15) is 5.82 Å². The maximum atomic E-state index is 12.6. The maximum absolute atomic E-state index is 12.6. The third-order valence-corrected chi connectivity index (χ3v) is 4.36. The number of carbonyl (C=O) groups is 2. The lowest BCUT2D eigenvalue weighted by Crippen LogP contribution is -2.53. The molecule has 2 atom stereocenters. The number of aryl methyl sites for hydroxylation is 1. The van der Waals surface area contributed by atoms with Gasteiger partial charge in [-0.05, 0) is 31.5 Å². The smallest absolute Gasteiger partial charge is 0.256 e. The molecule has 2 unspecified atom stereocenters. The summed E-state index contributed by atoms with van der Waals surface area (Å²) in [4.78, 5) is 24.6. The normalized spacial score (nSPS) is 19.2. The Bertz CT molecular complexity index is 898. The van der Waals surface area contributed by atoms with Gasteiger partial charge in [-0.15, -0.1) is 0 Å². The number of benzene rings is 1. The molecule has 0 saturated carbocycles. The fourth-order valence-corrected chi connectivity index (χ4v) is 3.15. The number of nitrogens with zero attached hydrogens (tertiary/aromatic N) is 3. The van der Waals surface area contributed by atoms with E-state index >= 15 is 0 Å². The summed E-state index contributed by atoms with van der Waals surface area (Å²) in [5.41, 5.74) is 1.50. The van der Waals surface area contributed by atoms with E-state index in [4.69, 9.17) is 5.26 Å². The van der Waals surface area contributed by atoms with Crippen molar-refractivity contribution in [1.29, 1.82) is 5.26 Å². The molecule has 8 nitrogen and oxygen atoms in total. The van der Waals surface area contributed by atoms with E-state index < -0.39 is 6.29 Å². The molecular weight excluding hydrogens is 344 g/mol. The van der Waals surface area contributed by atoms with Gasteiger partial charge in [0.05, 0.1) is 17.3 Å². The summed E-state index contributed by atoms with van der Waals surface area (Å²) in [5.74, 6) is 0.0691. The number of rotatable bonds is 5. The Morgan fingerprint density at radius 1 is 1.44 bits per heavy atom. The minimum absolute atomic E-state index is 0.0515. The molecule has 1 aromatic carbocycles. The summed E-state index contributed by atoms with van der Waals surface area (Å²) >= 11 is 0. The lowest BCUT2D eigenvalue weighted by molar-refractivity contribution is -0.125. The molecule has 3 N–H and O–H groups in total. The van der Waals surface area contributed by atoms with E-state index in [1.54, 1.807) is 28.9 Å². The van der Waals surface area contributed by atoms with E-state index in [1.165, 1.54) is 6.07 Å². The minimum atomic E-state index is -0.530. The quantitative estimate of drug-likeness (QED) is 0.750. The van der Waals surface area contributed by atoms with Crippen LogP contribution in [0.2, 0.25) is 0 Å². The Morgan fingerprint density at radius 2 is 2.26 bits per heavy atom. The monoisotopic (exact) mass is 366 g/mol. The average Bonchev–Trinajstić information content (AvgIpc) is 3.01. The van der Waals surface area contributed by atoms with Gasteiger partial charge in [0, 0.05) is 24.1 Å². The third-order valence-electron chi connectivity index (χ3n) is 4.36. The second kappa shape index (κ2) is 8.01. The van der Waals surface area contributed by atoms with E-state index in [-0.39, 0.29) is 17.9 Å². The minimum Gasteiger partial charge on any atom is -0.322 e. The summed E-state index contributed by atoms with van der Waals surface area (Å²) < 4.78 is 1.57. The summed E-state index contributed by atoms with van der Waals surface area (Å²) in [6.45, 7) is 3.89. The molecule has 0 spiro atoms. The number of amides is 2. The summed E-state index contributed by atoms with van der Waals surface area (Å²) in [6.07, 6.45) is 1.74. The van der Waals surface area contributed by atoms with Crippen LogP contribution in [0.3, 0.4) is 0 Å².